The zero-order chi connectivity index (χ0) is 18.3. The highest BCUT2D eigenvalue weighted by atomic mass is 16.4. The lowest BCUT2D eigenvalue weighted by Crippen LogP contribution is -2.38. The second-order valence-corrected chi connectivity index (χ2v) is 7.17. The summed E-state index contributed by atoms with van der Waals surface area (Å²) in [7, 11) is 0. The van der Waals surface area contributed by atoms with Crippen LogP contribution < -0.4 is 0 Å². The van der Waals surface area contributed by atoms with E-state index < -0.39 is 0 Å². The van der Waals surface area contributed by atoms with E-state index in [4.69, 9.17) is 4.42 Å². The summed E-state index contributed by atoms with van der Waals surface area (Å²) in [6.07, 6.45) is 3.56. The highest BCUT2D eigenvalue weighted by molar-refractivity contribution is 5.94. The van der Waals surface area contributed by atoms with Crippen molar-refractivity contribution in [2.45, 2.75) is 45.4 Å². The molecule has 0 saturated carbocycles. The fourth-order valence-corrected chi connectivity index (χ4v) is 3.50. The van der Waals surface area contributed by atoms with E-state index in [1.54, 1.807) is 0 Å². The van der Waals surface area contributed by atoms with E-state index >= 15 is 0 Å². The molecule has 3 aromatic heterocycles. The molecule has 26 heavy (non-hydrogen) atoms. The van der Waals surface area contributed by atoms with Crippen LogP contribution in [-0.4, -0.2) is 43.5 Å². The molecule has 1 fully saturated rings. The van der Waals surface area contributed by atoms with Gasteiger partial charge in [0.05, 0.1) is 5.69 Å². The first-order valence-corrected chi connectivity index (χ1v) is 9.11. The maximum absolute atomic E-state index is 13.0. The third kappa shape index (κ3) is 2.87. The van der Waals surface area contributed by atoms with Crippen LogP contribution in [0.25, 0.3) is 5.65 Å². The lowest BCUT2D eigenvalue weighted by atomic mass is 9.96. The lowest BCUT2D eigenvalue weighted by Gasteiger charge is -2.30. The number of rotatable bonds is 3. The number of likely N-dealkylation sites (tertiary alicyclic amines) is 1. The van der Waals surface area contributed by atoms with Crippen molar-refractivity contribution < 1.29 is 9.21 Å². The quantitative estimate of drug-likeness (QED) is 0.723. The molecule has 0 aliphatic carbocycles. The predicted octanol–water partition coefficient (Wildman–Crippen LogP) is 3.17. The van der Waals surface area contributed by atoms with Crippen molar-refractivity contribution in [1.29, 1.82) is 0 Å². The number of fused-ring (bicyclic) bond motifs is 1. The van der Waals surface area contributed by atoms with Gasteiger partial charge in [-0.1, -0.05) is 19.9 Å². The molecule has 1 aliphatic heterocycles. The number of aryl methyl sites for hydroxylation is 1. The summed E-state index contributed by atoms with van der Waals surface area (Å²) in [5.74, 6) is 1.87. The van der Waals surface area contributed by atoms with Crippen LogP contribution in [0, 0.1) is 6.92 Å². The monoisotopic (exact) mass is 353 g/mol. The van der Waals surface area contributed by atoms with Gasteiger partial charge < -0.3 is 9.32 Å². The van der Waals surface area contributed by atoms with Crippen LogP contribution in [0.4, 0.5) is 0 Å². The minimum absolute atomic E-state index is 0.0352. The van der Waals surface area contributed by atoms with Gasteiger partial charge in [0, 0.05) is 31.1 Å². The fraction of sp³-hybridized carbons (Fsp3) is 0.474. The molecular weight excluding hydrogens is 330 g/mol. The largest absolute Gasteiger partial charge is 0.425 e. The number of aromatic nitrogens is 4. The zero-order valence-electron chi connectivity index (χ0n) is 15.3. The number of amides is 1. The maximum atomic E-state index is 13.0. The summed E-state index contributed by atoms with van der Waals surface area (Å²) in [6, 6.07) is 5.76. The number of carbonyl (C=O) groups excluding carboxylic acids is 1. The van der Waals surface area contributed by atoms with E-state index in [0.717, 1.165) is 24.2 Å². The SMILES string of the molecule is Cc1nc2ccccn2c1C(=O)N1CCC(c2nnc(C(C)C)o2)CC1. The van der Waals surface area contributed by atoms with Gasteiger partial charge >= 0.3 is 0 Å². The molecule has 4 heterocycles. The molecule has 1 amide bonds. The second-order valence-electron chi connectivity index (χ2n) is 7.17. The first kappa shape index (κ1) is 16.8. The van der Waals surface area contributed by atoms with Crippen molar-refractivity contribution in [2.75, 3.05) is 13.1 Å². The molecule has 0 N–H and O–H groups in total. The van der Waals surface area contributed by atoms with E-state index in [-0.39, 0.29) is 17.7 Å². The van der Waals surface area contributed by atoms with Crippen molar-refractivity contribution in [3.8, 4) is 0 Å². The molecule has 1 saturated heterocycles. The molecule has 0 unspecified atom stereocenters. The number of hydrogen-bond donors (Lipinski definition) is 0. The van der Waals surface area contributed by atoms with Gasteiger partial charge in [-0.3, -0.25) is 9.20 Å². The van der Waals surface area contributed by atoms with E-state index in [1.165, 1.54) is 0 Å². The molecule has 0 atom stereocenters. The van der Waals surface area contributed by atoms with E-state index in [9.17, 15) is 4.79 Å². The second kappa shape index (κ2) is 6.55. The highest BCUT2D eigenvalue weighted by Crippen LogP contribution is 2.29. The standard InChI is InChI=1S/C19H23N5O2/c1-12(2)17-21-22-18(26-17)14-7-10-23(11-8-14)19(25)16-13(3)20-15-6-4-5-9-24(15)16/h4-6,9,12,14H,7-8,10-11H2,1-3H3. The topological polar surface area (TPSA) is 76.5 Å². The Morgan fingerprint density at radius 2 is 2.00 bits per heavy atom. The number of imidazole rings is 1. The van der Waals surface area contributed by atoms with Crippen LogP contribution in [0.3, 0.4) is 0 Å². The Balaban J connectivity index is 1.48. The number of hydrogen-bond acceptors (Lipinski definition) is 5. The summed E-state index contributed by atoms with van der Waals surface area (Å²) >= 11 is 0. The first-order chi connectivity index (χ1) is 12.5. The molecule has 0 spiro atoms. The van der Waals surface area contributed by atoms with Crippen LogP contribution in [0.2, 0.25) is 0 Å². The average molecular weight is 353 g/mol. The molecule has 0 aromatic carbocycles. The van der Waals surface area contributed by atoms with Gasteiger partial charge in [0.15, 0.2) is 0 Å². The van der Waals surface area contributed by atoms with Crippen molar-refractivity contribution in [2.24, 2.45) is 0 Å². The van der Waals surface area contributed by atoms with Gasteiger partial charge in [-0.15, -0.1) is 10.2 Å². The lowest BCUT2D eigenvalue weighted by molar-refractivity contribution is 0.0698. The number of piperidine rings is 1. The number of nitrogens with zero attached hydrogens (tertiary/aromatic N) is 5. The molecule has 7 nitrogen and oxygen atoms in total. The average Bonchev–Trinajstić information content (AvgIpc) is 3.25. The van der Waals surface area contributed by atoms with Crippen molar-refractivity contribution in [3.05, 3.63) is 47.6 Å². The Morgan fingerprint density at radius 3 is 2.69 bits per heavy atom. The van der Waals surface area contributed by atoms with Crippen LogP contribution in [0.5, 0.6) is 0 Å². The highest BCUT2D eigenvalue weighted by Gasteiger charge is 2.30. The zero-order valence-corrected chi connectivity index (χ0v) is 15.3. The third-order valence-corrected chi connectivity index (χ3v) is 4.99. The molecule has 1 aliphatic rings. The Morgan fingerprint density at radius 1 is 1.23 bits per heavy atom. The Hall–Kier alpha value is -2.70. The van der Waals surface area contributed by atoms with E-state index in [1.807, 2.05) is 54.5 Å². The van der Waals surface area contributed by atoms with Crippen molar-refractivity contribution in [1.82, 2.24) is 24.5 Å². The molecule has 4 rings (SSSR count). The van der Waals surface area contributed by atoms with Gasteiger partial charge in [-0.2, -0.15) is 0 Å². The van der Waals surface area contributed by atoms with Crippen LogP contribution >= 0.6 is 0 Å². The summed E-state index contributed by atoms with van der Waals surface area (Å²) in [5, 5.41) is 8.32. The van der Waals surface area contributed by atoms with Gasteiger partial charge in [0.25, 0.3) is 5.91 Å². The molecule has 7 heteroatoms. The van der Waals surface area contributed by atoms with Crippen LogP contribution in [0.1, 0.15) is 66.5 Å². The summed E-state index contributed by atoms with van der Waals surface area (Å²) in [6.45, 7) is 7.33. The predicted molar refractivity (Wildman–Crippen MR) is 96.2 cm³/mol. The van der Waals surface area contributed by atoms with Gasteiger partial charge in [-0.25, -0.2) is 4.98 Å². The summed E-state index contributed by atoms with van der Waals surface area (Å²) in [5.41, 5.74) is 2.22. The van der Waals surface area contributed by atoms with Crippen molar-refractivity contribution >= 4 is 11.6 Å². The van der Waals surface area contributed by atoms with Crippen LogP contribution in [-0.2, 0) is 0 Å². The van der Waals surface area contributed by atoms with Gasteiger partial charge in [0.2, 0.25) is 11.8 Å². The molecular formula is C19H23N5O2. The third-order valence-electron chi connectivity index (χ3n) is 4.99. The van der Waals surface area contributed by atoms with Crippen LogP contribution in [0.15, 0.2) is 28.8 Å². The fourth-order valence-electron chi connectivity index (χ4n) is 3.50. The number of carbonyl (C=O) groups is 1. The molecule has 136 valence electrons. The molecule has 0 radical (unpaired) electrons. The Bertz CT molecular complexity index is 934. The number of pyridine rings is 1. The smallest absolute Gasteiger partial charge is 0.272 e. The summed E-state index contributed by atoms with van der Waals surface area (Å²) in [4.78, 5) is 19.4. The Kier molecular flexibility index (Phi) is 4.22. The van der Waals surface area contributed by atoms with Gasteiger partial charge in [0.1, 0.15) is 11.3 Å². The summed E-state index contributed by atoms with van der Waals surface area (Å²) < 4.78 is 7.66. The minimum Gasteiger partial charge on any atom is -0.425 e. The Labute approximate surface area is 152 Å². The van der Waals surface area contributed by atoms with E-state index in [0.29, 0.717) is 30.6 Å². The molecule has 0 bridgehead atoms. The van der Waals surface area contributed by atoms with Gasteiger partial charge in [-0.05, 0) is 31.9 Å². The van der Waals surface area contributed by atoms with E-state index in [2.05, 4.69) is 15.2 Å². The molecule has 3 aromatic rings. The van der Waals surface area contributed by atoms with Crippen molar-refractivity contribution in [3.63, 3.8) is 0 Å². The normalized spacial score (nSPS) is 15.9. The minimum atomic E-state index is 0.0352. The maximum Gasteiger partial charge on any atom is 0.272 e. The first-order valence-electron chi connectivity index (χ1n) is 9.11.